The molecule has 2 aromatic heterocycles. The summed E-state index contributed by atoms with van der Waals surface area (Å²) in [7, 11) is 0. The maximum atomic E-state index is 5.51. The van der Waals surface area contributed by atoms with Gasteiger partial charge in [0.2, 0.25) is 0 Å². The number of nitrogens with zero attached hydrogens (tertiary/aromatic N) is 3. The van der Waals surface area contributed by atoms with Crippen LogP contribution in [0.25, 0.3) is 132 Å². The molecule has 0 atom stereocenters. The van der Waals surface area contributed by atoms with E-state index >= 15 is 0 Å². The van der Waals surface area contributed by atoms with Gasteiger partial charge in [-0.05, 0) is 96.2 Å². The molecule has 0 radical (unpaired) electrons. The van der Waals surface area contributed by atoms with E-state index in [1.165, 1.54) is 37.7 Å². The molecule has 0 aliphatic rings. The van der Waals surface area contributed by atoms with Crippen molar-refractivity contribution in [3.8, 4) is 67.4 Å². The third-order valence-corrected chi connectivity index (χ3v) is 13.2. The molecule has 0 saturated heterocycles. The van der Waals surface area contributed by atoms with E-state index in [0.29, 0.717) is 5.82 Å². The van der Waals surface area contributed by atoms with Gasteiger partial charge in [0.15, 0.2) is 5.82 Å². The van der Waals surface area contributed by atoms with E-state index in [-0.39, 0.29) is 0 Å². The molecule has 0 unspecified atom stereocenters. The highest BCUT2D eigenvalue weighted by Crippen LogP contribution is 2.45. The van der Waals surface area contributed by atoms with Crippen LogP contribution in [0.15, 0.2) is 237 Å². The Hall–Kier alpha value is -8.79. The Balaban J connectivity index is 1.10. The van der Waals surface area contributed by atoms with E-state index < -0.39 is 0 Å². The Morgan fingerprint density at radius 2 is 0.712 bits per heavy atom. The molecule has 306 valence electrons. The molecule has 13 rings (SSSR count). The average Bonchev–Trinajstić information content (AvgIpc) is 3.39. The minimum Gasteiger partial charge on any atom is -0.247 e. The van der Waals surface area contributed by atoms with Crippen molar-refractivity contribution in [1.82, 2.24) is 15.0 Å². The number of aromatic nitrogens is 3. The molecule has 0 bridgehead atoms. The van der Waals surface area contributed by atoms with Crippen molar-refractivity contribution in [2.24, 2.45) is 0 Å². The van der Waals surface area contributed by atoms with Gasteiger partial charge in [0.25, 0.3) is 0 Å². The molecule has 0 aliphatic carbocycles. The number of hydrogen-bond donors (Lipinski definition) is 0. The standard InChI is InChI=1S/C63H39N3/c1-2-18-43(19-3-1)63-65-61(50-33-30-41-16-5-8-21-45(41)36-50)58(62(66-63)51-34-31-42-17-6-9-22-46(42)37-51)48-24-14-23-47(38-48)55-39-56-59(53-26-11-10-25-52(53)55)54-27-12-13-28-57(54)64-60(56)49-32-29-40-15-4-7-20-44(40)35-49/h1-39H. The van der Waals surface area contributed by atoms with Crippen LogP contribution in [-0.2, 0) is 0 Å². The first-order valence-corrected chi connectivity index (χ1v) is 22.5. The molecule has 11 aromatic carbocycles. The van der Waals surface area contributed by atoms with E-state index in [0.717, 1.165) is 88.7 Å². The minimum atomic E-state index is 0.684. The summed E-state index contributed by atoms with van der Waals surface area (Å²) in [5.41, 5.74) is 12.1. The van der Waals surface area contributed by atoms with Gasteiger partial charge >= 0.3 is 0 Å². The zero-order valence-corrected chi connectivity index (χ0v) is 35.9. The molecule has 2 heterocycles. The van der Waals surface area contributed by atoms with E-state index in [1.54, 1.807) is 0 Å². The summed E-state index contributed by atoms with van der Waals surface area (Å²) in [4.78, 5) is 16.5. The third-order valence-electron chi connectivity index (χ3n) is 13.2. The molecule has 3 heteroatoms. The first-order valence-electron chi connectivity index (χ1n) is 22.5. The van der Waals surface area contributed by atoms with Crippen LogP contribution in [0.2, 0.25) is 0 Å². The van der Waals surface area contributed by atoms with Crippen LogP contribution < -0.4 is 0 Å². The molecular weight excluding hydrogens is 799 g/mol. The van der Waals surface area contributed by atoms with Gasteiger partial charge in [0, 0.05) is 44.0 Å². The van der Waals surface area contributed by atoms with Crippen molar-refractivity contribution in [2.45, 2.75) is 0 Å². The van der Waals surface area contributed by atoms with E-state index in [1.807, 2.05) is 6.07 Å². The molecule has 0 saturated carbocycles. The van der Waals surface area contributed by atoms with Crippen molar-refractivity contribution in [1.29, 1.82) is 0 Å². The highest BCUT2D eigenvalue weighted by molar-refractivity contribution is 6.25. The van der Waals surface area contributed by atoms with Crippen molar-refractivity contribution in [3.05, 3.63) is 237 Å². The molecule has 13 aromatic rings. The van der Waals surface area contributed by atoms with Crippen LogP contribution in [-0.4, -0.2) is 15.0 Å². The zero-order chi connectivity index (χ0) is 43.6. The summed E-state index contributed by atoms with van der Waals surface area (Å²) >= 11 is 0. The van der Waals surface area contributed by atoms with Gasteiger partial charge in [-0.1, -0.05) is 200 Å². The molecule has 0 aliphatic heterocycles. The highest BCUT2D eigenvalue weighted by atomic mass is 14.9. The Morgan fingerprint density at radius 1 is 0.242 bits per heavy atom. The van der Waals surface area contributed by atoms with Gasteiger partial charge in [-0.2, -0.15) is 0 Å². The minimum absolute atomic E-state index is 0.684. The average molecular weight is 838 g/mol. The van der Waals surface area contributed by atoms with Gasteiger partial charge in [0.05, 0.1) is 22.6 Å². The fraction of sp³-hybridized carbons (Fsp3) is 0. The third kappa shape index (κ3) is 6.40. The van der Waals surface area contributed by atoms with Crippen molar-refractivity contribution in [3.63, 3.8) is 0 Å². The number of fused-ring (bicyclic) bond motifs is 8. The van der Waals surface area contributed by atoms with Gasteiger partial charge < -0.3 is 0 Å². The maximum absolute atomic E-state index is 5.51. The topological polar surface area (TPSA) is 38.7 Å². The molecule has 66 heavy (non-hydrogen) atoms. The lowest BCUT2D eigenvalue weighted by molar-refractivity contribution is 1.19. The predicted molar refractivity (Wildman–Crippen MR) is 277 cm³/mol. The van der Waals surface area contributed by atoms with E-state index in [2.05, 4.69) is 231 Å². The Labute approximate surface area is 382 Å². The van der Waals surface area contributed by atoms with E-state index in [9.17, 15) is 0 Å². The number of pyridine rings is 1. The lowest BCUT2D eigenvalue weighted by atomic mass is 9.87. The van der Waals surface area contributed by atoms with Crippen molar-refractivity contribution < 1.29 is 0 Å². The predicted octanol–water partition coefficient (Wildman–Crippen LogP) is 16.8. The smallest absolute Gasteiger partial charge is 0.160 e. The monoisotopic (exact) mass is 837 g/mol. The van der Waals surface area contributed by atoms with Crippen LogP contribution in [0.1, 0.15) is 0 Å². The molecular formula is C63H39N3. The second-order valence-corrected chi connectivity index (χ2v) is 17.1. The molecule has 0 amide bonds. The summed E-state index contributed by atoms with van der Waals surface area (Å²) in [6.07, 6.45) is 0. The Morgan fingerprint density at radius 3 is 1.32 bits per heavy atom. The summed E-state index contributed by atoms with van der Waals surface area (Å²) in [6.45, 7) is 0. The van der Waals surface area contributed by atoms with Gasteiger partial charge in [0.1, 0.15) is 0 Å². The first kappa shape index (κ1) is 37.7. The van der Waals surface area contributed by atoms with Crippen molar-refractivity contribution >= 4 is 64.8 Å². The number of para-hydroxylation sites is 1. The van der Waals surface area contributed by atoms with Crippen LogP contribution in [0.5, 0.6) is 0 Å². The molecule has 0 spiro atoms. The number of benzene rings is 11. The lowest BCUT2D eigenvalue weighted by Crippen LogP contribution is -2.01. The van der Waals surface area contributed by atoms with Crippen LogP contribution in [0.4, 0.5) is 0 Å². The van der Waals surface area contributed by atoms with Crippen LogP contribution in [0, 0.1) is 0 Å². The number of rotatable bonds is 6. The Kier molecular flexibility index (Phi) is 8.85. The van der Waals surface area contributed by atoms with E-state index in [4.69, 9.17) is 15.0 Å². The molecule has 0 N–H and O–H groups in total. The maximum Gasteiger partial charge on any atom is 0.160 e. The summed E-state index contributed by atoms with van der Waals surface area (Å²) in [6, 6.07) is 84.8. The summed E-state index contributed by atoms with van der Waals surface area (Å²) in [5, 5.41) is 12.9. The zero-order valence-electron chi connectivity index (χ0n) is 35.9. The van der Waals surface area contributed by atoms with Crippen LogP contribution >= 0.6 is 0 Å². The van der Waals surface area contributed by atoms with Crippen molar-refractivity contribution in [2.75, 3.05) is 0 Å². The van der Waals surface area contributed by atoms with Gasteiger partial charge in [-0.25, -0.2) is 15.0 Å². The SMILES string of the molecule is c1ccc(-c2nc(-c3ccc4ccccc4c3)c(-c3cccc(-c4cc5c(-c6ccc7ccccc7c6)nc6ccccc6c5c5ccccc45)c3)c(-c3ccc4ccccc4c3)n2)cc1. The quantitative estimate of drug-likeness (QED) is 0.157. The Bertz CT molecular complexity index is 3960. The second kappa shape index (κ2) is 15.5. The normalized spacial score (nSPS) is 11.6. The molecule has 0 fully saturated rings. The largest absolute Gasteiger partial charge is 0.247 e. The fourth-order valence-electron chi connectivity index (χ4n) is 9.99. The molecule has 3 nitrogen and oxygen atoms in total. The first-order chi connectivity index (χ1) is 32.7. The second-order valence-electron chi connectivity index (χ2n) is 17.1. The van der Waals surface area contributed by atoms with Gasteiger partial charge in [-0.15, -0.1) is 0 Å². The summed E-state index contributed by atoms with van der Waals surface area (Å²) < 4.78 is 0. The van der Waals surface area contributed by atoms with Crippen LogP contribution in [0.3, 0.4) is 0 Å². The lowest BCUT2D eigenvalue weighted by Gasteiger charge is -2.19. The fourth-order valence-corrected chi connectivity index (χ4v) is 9.99. The number of hydrogen-bond acceptors (Lipinski definition) is 3. The highest BCUT2D eigenvalue weighted by Gasteiger charge is 2.23. The van der Waals surface area contributed by atoms with Gasteiger partial charge in [-0.3, -0.25) is 0 Å². The summed E-state index contributed by atoms with van der Waals surface area (Å²) in [5.74, 6) is 0.684.